The summed E-state index contributed by atoms with van der Waals surface area (Å²) in [5.41, 5.74) is 5.16. The van der Waals surface area contributed by atoms with Crippen LogP contribution in [0.15, 0.2) is 60.5 Å². The highest BCUT2D eigenvalue weighted by molar-refractivity contribution is 7.14. The number of nitrogens with one attached hydrogen (secondary N) is 1. The maximum Gasteiger partial charge on any atom is 0.276 e. The molecule has 134 valence electrons. The van der Waals surface area contributed by atoms with Crippen LogP contribution >= 0.6 is 11.3 Å². The first kappa shape index (κ1) is 17.1. The third-order valence-electron chi connectivity index (χ3n) is 4.35. The lowest BCUT2D eigenvalue weighted by Crippen LogP contribution is -2.15. The van der Waals surface area contributed by atoms with E-state index in [0.29, 0.717) is 10.8 Å². The second kappa shape index (κ2) is 7.13. The number of aryl methyl sites for hydroxylation is 1. The Bertz CT molecular complexity index is 1100. The lowest BCUT2D eigenvalue weighted by molar-refractivity contribution is 0.102. The highest BCUT2D eigenvalue weighted by Gasteiger charge is 2.16. The number of benzene rings is 1. The Balaban J connectivity index is 1.58. The Morgan fingerprint density at radius 3 is 2.78 bits per heavy atom. The van der Waals surface area contributed by atoms with Gasteiger partial charge in [0.25, 0.3) is 5.91 Å². The van der Waals surface area contributed by atoms with E-state index in [2.05, 4.69) is 20.3 Å². The molecular weight excluding hydrogens is 358 g/mol. The largest absolute Gasteiger partial charge is 0.296 e. The molecular formula is C20H17N5OS. The summed E-state index contributed by atoms with van der Waals surface area (Å²) in [6.07, 6.45) is 4.94. The van der Waals surface area contributed by atoms with Gasteiger partial charge in [0.1, 0.15) is 11.4 Å². The van der Waals surface area contributed by atoms with Gasteiger partial charge in [0.15, 0.2) is 5.13 Å². The van der Waals surface area contributed by atoms with Crippen molar-refractivity contribution >= 4 is 22.4 Å². The molecule has 3 aromatic heterocycles. The fraction of sp³-hybridized carbons (Fsp3) is 0.100. The molecule has 0 aliphatic carbocycles. The zero-order valence-corrected chi connectivity index (χ0v) is 15.7. The zero-order valence-electron chi connectivity index (χ0n) is 14.9. The summed E-state index contributed by atoms with van der Waals surface area (Å²) in [6.45, 7) is 4.06. The third kappa shape index (κ3) is 3.37. The lowest BCUT2D eigenvalue weighted by atomic mass is 10.1. The maximum atomic E-state index is 12.7. The molecule has 0 saturated heterocycles. The molecule has 4 aromatic rings. The van der Waals surface area contributed by atoms with Gasteiger partial charge in [-0.25, -0.2) is 9.97 Å². The minimum Gasteiger partial charge on any atom is -0.296 e. The van der Waals surface area contributed by atoms with Crippen LogP contribution in [0, 0.1) is 13.8 Å². The van der Waals surface area contributed by atoms with Gasteiger partial charge in [-0.15, -0.1) is 11.3 Å². The van der Waals surface area contributed by atoms with Crippen molar-refractivity contribution in [2.45, 2.75) is 13.8 Å². The van der Waals surface area contributed by atoms with E-state index in [1.807, 2.05) is 55.6 Å². The summed E-state index contributed by atoms with van der Waals surface area (Å²) < 4.78 is 1.75. The van der Waals surface area contributed by atoms with E-state index in [9.17, 15) is 4.79 Å². The molecule has 0 fully saturated rings. The fourth-order valence-electron chi connectivity index (χ4n) is 2.75. The fourth-order valence-corrected chi connectivity index (χ4v) is 3.44. The highest BCUT2D eigenvalue weighted by atomic mass is 32.1. The molecule has 7 heteroatoms. The Kier molecular flexibility index (Phi) is 4.52. The van der Waals surface area contributed by atoms with Gasteiger partial charge in [-0.3, -0.25) is 19.7 Å². The molecule has 1 amide bonds. The number of rotatable bonds is 4. The minimum atomic E-state index is -0.258. The van der Waals surface area contributed by atoms with Crippen LogP contribution in [0.4, 0.5) is 5.13 Å². The van der Waals surface area contributed by atoms with Gasteiger partial charge >= 0.3 is 0 Å². The number of aromatic nitrogens is 4. The zero-order chi connectivity index (χ0) is 18.8. The summed E-state index contributed by atoms with van der Waals surface area (Å²) in [4.78, 5) is 25.8. The van der Waals surface area contributed by atoms with Gasteiger partial charge in [0.2, 0.25) is 0 Å². The Hall–Kier alpha value is -3.32. The summed E-state index contributed by atoms with van der Waals surface area (Å²) in [5, 5.41) is 5.29. The molecule has 6 nitrogen and oxygen atoms in total. The molecule has 1 N–H and O–H groups in total. The number of hydrogen-bond acceptors (Lipinski definition) is 5. The van der Waals surface area contributed by atoms with Gasteiger partial charge < -0.3 is 0 Å². The summed E-state index contributed by atoms with van der Waals surface area (Å²) in [7, 11) is 0. The van der Waals surface area contributed by atoms with Gasteiger partial charge in [-0.1, -0.05) is 18.2 Å². The first-order chi connectivity index (χ1) is 13.1. The predicted octanol–water partition coefficient (Wildman–Crippen LogP) is 4.26. The number of carbonyl (C=O) groups is 1. The van der Waals surface area contributed by atoms with E-state index < -0.39 is 0 Å². The Morgan fingerprint density at radius 2 is 1.96 bits per heavy atom. The van der Waals surface area contributed by atoms with Crippen molar-refractivity contribution in [2.24, 2.45) is 0 Å². The van der Waals surface area contributed by atoms with Crippen LogP contribution in [-0.4, -0.2) is 25.4 Å². The smallest absolute Gasteiger partial charge is 0.276 e. The van der Waals surface area contributed by atoms with Crippen molar-refractivity contribution in [2.75, 3.05) is 5.32 Å². The molecule has 0 saturated carbocycles. The number of pyridine rings is 1. The maximum absolute atomic E-state index is 12.7. The van der Waals surface area contributed by atoms with Crippen LogP contribution in [-0.2, 0) is 0 Å². The SMILES string of the molecule is Cc1ccnc(-c2csc(NC(=O)c3cncn3-c3ccccc3)n2)c1C. The van der Waals surface area contributed by atoms with Gasteiger partial charge in [0, 0.05) is 17.3 Å². The van der Waals surface area contributed by atoms with Gasteiger partial charge in [-0.05, 0) is 43.2 Å². The van der Waals surface area contributed by atoms with Crippen molar-refractivity contribution in [3.63, 3.8) is 0 Å². The monoisotopic (exact) mass is 375 g/mol. The minimum absolute atomic E-state index is 0.258. The van der Waals surface area contributed by atoms with Crippen LogP contribution in [0.2, 0.25) is 0 Å². The number of para-hydroxylation sites is 1. The second-order valence-electron chi connectivity index (χ2n) is 6.08. The van der Waals surface area contributed by atoms with Crippen molar-refractivity contribution in [3.8, 4) is 17.1 Å². The van der Waals surface area contributed by atoms with Gasteiger partial charge in [-0.2, -0.15) is 0 Å². The number of imidazole rings is 1. The van der Waals surface area contributed by atoms with E-state index in [-0.39, 0.29) is 5.91 Å². The summed E-state index contributed by atoms with van der Waals surface area (Å²) in [6, 6.07) is 11.6. The quantitative estimate of drug-likeness (QED) is 0.578. The average molecular weight is 375 g/mol. The standard InChI is InChI=1S/C20H17N5OS/c1-13-8-9-22-18(14(13)2)16-11-27-20(23-16)24-19(26)17-10-21-12-25(17)15-6-4-3-5-7-15/h3-12H,1-2H3,(H,23,24,26). The second-order valence-corrected chi connectivity index (χ2v) is 6.94. The topological polar surface area (TPSA) is 72.7 Å². The first-order valence-electron chi connectivity index (χ1n) is 8.40. The van der Waals surface area contributed by atoms with Crippen molar-refractivity contribution in [3.05, 3.63) is 77.3 Å². The molecule has 0 unspecified atom stereocenters. The molecule has 3 heterocycles. The van der Waals surface area contributed by atoms with Crippen LogP contribution in [0.25, 0.3) is 17.1 Å². The van der Waals surface area contributed by atoms with E-state index in [0.717, 1.165) is 28.2 Å². The van der Waals surface area contributed by atoms with Crippen LogP contribution in [0.5, 0.6) is 0 Å². The molecule has 0 aliphatic heterocycles. The number of thiazole rings is 1. The Labute approximate surface area is 160 Å². The van der Waals surface area contributed by atoms with E-state index >= 15 is 0 Å². The summed E-state index contributed by atoms with van der Waals surface area (Å²) in [5.74, 6) is -0.258. The number of anilines is 1. The van der Waals surface area contributed by atoms with Crippen LogP contribution in [0.1, 0.15) is 21.6 Å². The molecule has 1 aromatic carbocycles. The normalized spacial score (nSPS) is 10.7. The molecule has 0 atom stereocenters. The van der Waals surface area contributed by atoms with Crippen molar-refractivity contribution < 1.29 is 4.79 Å². The highest BCUT2D eigenvalue weighted by Crippen LogP contribution is 2.27. The molecule has 27 heavy (non-hydrogen) atoms. The molecule has 0 aliphatic rings. The third-order valence-corrected chi connectivity index (χ3v) is 5.11. The molecule has 0 spiro atoms. The van der Waals surface area contributed by atoms with Gasteiger partial charge in [0.05, 0.1) is 18.2 Å². The number of amides is 1. The van der Waals surface area contributed by atoms with E-state index in [1.54, 1.807) is 23.3 Å². The molecule has 0 radical (unpaired) electrons. The number of hydrogen-bond donors (Lipinski definition) is 1. The molecule has 0 bridgehead atoms. The first-order valence-corrected chi connectivity index (χ1v) is 9.28. The summed E-state index contributed by atoms with van der Waals surface area (Å²) >= 11 is 1.37. The van der Waals surface area contributed by atoms with E-state index in [1.165, 1.54) is 11.3 Å². The average Bonchev–Trinajstić information content (AvgIpc) is 3.34. The number of carbonyl (C=O) groups excluding carboxylic acids is 1. The van der Waals surface area contributed by atoms with Crippen LogP contribution in [0.3, 0.4) is 0 Å². The van der Waals surface area contributed by atoms with E-state index in [4.69, 9.17) is 0 Å². The van der Waals surface area contributed by atoms with Crippen molar-refractivity contribution in [1.29, 1.82) is 0 Å². The Morgan fingerprint density at radius 1 is 1.15 bits per heavy atom. The molecule has 4 rings (SSSR count). The van der Waals surface area contributed by atoms with Crippen molar-refractivity contribution in [1.82, 2.24) is 19.5 Å². The predicted molar refractivity (Wildman–Crippen MR) is 106 cm³/mol. The number of nitrogens with zero attached hydrogens (tertiary/aromatic N) is 4. The lowest BCUT2D eigenvalue weighted by Gasteiger charge is -2.07. The van der Waals surface area contributed by atoms with Crippen LogP contribution < -0.4 is 5.32 Å².